The number of hydrogen-bond donors (Lipinski definition) is 4. The summed E-state index contributed by atoms with van der Waals surface area (Å²) < 4.78 is 33.9. The number of para-hydroxylation sites is 1. The molecule has 0 radical (unpaired) electrons. The lowest BCUT2D eigenvalue weighted by Gasteiger charge is -2.15. The smallest absolute Gasteiger partial charge is 0.323 e. The van der Waals surface area contributed by atoms with Crippen LogP contribution in [0.4, 0.5) is 16.2 Å². The molecule has 33 heavy (non-hydrogen) atoms. The van der Waals surface area contributed by atoms with E-state index in [1.54, 1.807) is 24.3 Å². The predicted octanol–water partition coefficient (Wildman–Crippen LogP) is 4.95. The number of carbonyl (C=O) groups excluding carboxylic acids is 1. The van der Waals surface area contributed by atoms with Crippen LogP contribution in [-0.4, -0.2) is 32.7 Å². The third-order valence-corrected chi connectivity index (χ3v) is 7.03. The average Bonchev–Trinajstić information content (AvgIpc) is 2.78. The van der Waals surface area contributed by atoms with Gasteiger partial charge in [0, 0.05) is 11.0 Å². The number of halogens is 2. The summed E-state index contributed by atoms with van der Waals surface area (Å²) in [6.45, 7) is 0.407. The van der Waals surface area contributed by atoms with E-state index in [0.717, 1.165) is 5.56 Å². The topological polar surface area (TPSA) is 117 Å². The molecule has 0 saturated carbocycles. The Morgan fingerprint density at radius 1 is 0.970 bits per heavy atom. The Labute approximate surface area is 205 Å². The second-order valence-electron chi connectivity index (χ2n) is 6.77. The summed E-state index contributed by atoms with van der Waals surface area (Å²) in [7, 11) is -4.18. The van der Waals surface area contributed by atoms with Crippen molar-refractivity contribution in [3.8, 4) is 5.75 Å². The van der Waals surface area contributed by atoms with Gasteiger partial charge in [0.2, 0.25) is 10.0 Å². The van der Waals surface area contributed by atoms with E-state index in [0.29, 0.717) is 16.8 Å². The SMILES string of the molecule is O=C(Nc1ccccc1Br)Nc1ccc(Cl)c(S(=O)(=O)NCCOCc2ccccc2)c1O. The fourth-order valence-electron chi connectivity index (χ4n) is 2.83. The molecule has 3 rings (SSSR count). The first-order valence-corrected chi connectivity index (χ1v) is 12.4. The second-order valence-corrected chi connectivity index (χ2v) is 9.73. The third kappa shape index (κ3) is 6.92. The Kier molecular flexibility index (Phi) is 8.70. The molecule has 4 N–H and O–H groups in total. The van der Waals surface area contributed by atoms with Crippen LogP contribution in [-0.2, 0) is 21.4 Å². The van der Waals surface area contributed by atoms with Gasteiger partial charge in [-0.25, -0.2) is 17.9 Å². The number of carbonyl (C=O) groups is 1. The molecule has 0 heterocycles. The van der Waals surface area contributed by atoms with Crippen molar-refractivity contribution in [1.29, 1.82) is 0 Å². The first-order valence-electron chi connectivity index (χ1n) is 9.73. The van der Waals surface area contributed by atoms with Gasteiger partial charge in [-0.2, -0.15) is 0 Å². The molecular weight excluding hydrogens is 534 g/mol. The molecule has 0 unspecified atom stereocenters. The summed E-state index contributed by atoms with van der Waals surface area (Å²) in [5, 5.41) is 15.4. The fraction of sp³-hybridized carbons (Fsp3) is 0.136. The number of benzene rings is 3. The van der Waals surface area contributed by atoms with Crippen LogP contribution in [0.2, 0.25) is 5.02 Å². The number of nitrogens with one attached hydrogen (secondary N) is 3. The number of urea groups is 1. The Bertz CT molecular complexity index is 1230. The third-order valence-electron chi connectivity index (χ3n) is 4.37. The molecule has 174 valence electrons. The maximum absolute atomic E-state index is 12.7. The molecule has 0 bridgehead atoms. The van der Waals surface area contributed by atoms with Gasteiger partial charge in [0.05, 0.1) is 29.6 Å². The number of aromatic hydroxyl groups is 1. The van der Waals surface area contributed by atoms with E-state index in [9.17, 15) is 18.3 Å². The molecule has 0 aliphatic carbocycles. The minimum absolute atomic E-state index is 0.0366. The normalized spacial score (nSPS) is 11.2. The lowest BCUT2D eigenvalue weighted by atomic mass is 10.2. The second kappa shape index (κ2) is 11.5. The molecule has 0 spiro atoms. The van der Waals surface area contributed by atoms with Crippen molar-refractivity contribution in [2.75, 3.05) is 23.8 Å². The summed E-state index contributed by atoms with van der Waals surface area (Å²) >= 11 is 9.36. The van der Waals surface area contributed by atoms with Crippen LogP contribution in [0.1, 0.15) is 5.56 Å². The van der Waals surface area contributed by atoms with Gasteiger partial charge in [-0.15, -0.1) is 0 Å². The fourth-order valence-corrected chi connectivity index (χ4v) is 4.85. The Morgan fingerprint density at radius 3 is 2.36 bits per heavy atom. The van der Waals surface area contributed by atoms with Crippen LogP contribution in [0, 0.1) is 0 Å². The highest BCUT2D eigenvalue weighted by molar-refractivity contribution is 9.10. The van der Waals surface area contributed by atoms with E-state index in [1.807, 2.05) is 30.3 Å². The maximum atomic E-state index is 12.7. The number of rotatable bonds is 9. The van der Waals surface area contributed by atoms with Crippen molar-refractivity contribution in [2.45, 2.75) is 11.5 Å². The van der Waals surface area contributed by atoms with Crippen molar-refractivity contribution in [2.24, 2.45) is 0 Å². The van der Waals surface area contributed by atoms with E-state index in [-0.39, 0.29) is 23.9 Å². The molecule has 3 aromatic carbocycles. The van der Waals surface area contributed by atoms with Crippen LogP contribution in [0.25, 0.3) is 0 Å². The van der Waals surface area contributed by atoms with Crippen molar-refractivity contribution in [1.82, 2.24) is 4.72 Å². The van der Waals surface area contributed by atoms with Gasteiger partial charge in [-0.3, -0.25) is 0 Å². The molecule has 0 saturated heterocycles. The van der Waals surface area contributed by atoms with Crippen LogP contribution in [0.5, 0.6) is 5.75 Å². The highest BCUT2D eigenvalue weighted by Gasteiger charge is 2.25. The molecule has 0 atom stereocenters. The molecule has 0 aliphatic rings. The Balaban J connectivity index is 1.63. The van der Waals surface area contributed by atoms with Gasteiger partial charge in [-0.05, 0) is 45.8 Å². The van der Waals surface area contributed by atoms with E-state index < -0.39 is 26.7 Å². The number of phenolic OH excluding ortho intramolecular Hbond substituents is 1. The van der Waals surface area contributed by atoms with E-state index in [4.69, 9.17) is 16.3 Å². The number of hydrogen-bond acceptors (Lipinski definition) is 5. The summed E-state index contributed by atoms with van der Waals surface area (Å²) in [6.07, 6.45) is 0. The van der Waals surface area contributed by atoms with Gasteiger partial charge < -0.3 is 20.5 Å². The molecule has 0 aliphatic heterocycles. The summed E-state index contributed by atoms with van der Waals surface area (Å²) in [5.41, 5.74) is 1.33. The van der Waals surface area contributed by atoms with Crippen LogP contribution >= 0.6 is 27.5 Å². The van der Waals surface area contributed by atoms with E-state index in [1.165, 1.54) is 12.1 Å². The molecule has 11 heteroatoms. The Hall–Kier alpha value is -2.63. The van der Waals surface area contributed by atoms with Gasteiger partial charge in [0.15, 0.2) is 5.75 Å². The first-order chi connectivity index (χ1) is 15.8. The zero-order valence-corrected chi connectivity index (χ0v) is 20.4. The number of amides is 2. The lowest BCUT2D eigenvalue weighted by molar-refractivity contribution is 0.126. The number of sulfonamides is 1. The van der Waals surface area contributed by atoms with Crippen molar-refractivity contribution in [3.63, 3.8) is 0 Å². The zero-order chi connectivity index (χ0) is 23.8. The largest absolute Gasteiger partial charge is 0.504 e. The standard InChI is InChI=1S/C22H21BrClN3O5S/c23-16-8-4-5-9-18(16)26-22(29)27-19-11-10-17(24)21(20(19)28)33(30,31)25-12-13-32-14-15-6-2-1-3-7-15/h1-11,25,28H,12-14H2,(H2,26,27,29). The number of anilines is 2. The lowest BCUT2D eigenvalue weighted by Crippen LogP contribution is -2.28. The molecule has 0 fully saturated rings. The zero-order valence-electron chi connectivity index (χ0n) is 17.2. The molecule has 3 aromatic rings. The van der Waals surface area contributed by atoms with Gasteiger partial charge >= 0.3 is 6.03 Å². The van der Waals surface area contributed by atoms with Crippen LogP contribution in [0.3, 0.4) is 0 Å². The maximum Gasteiger partial charge on any atom is 0.323 e. The monoisotopic (exact) mass is 553 g/mol. The van der Waals surface area contributed by atoms with Gasteiger partial charge in [0.1, 0.15) is 4.90 Å². The van der Waals surface area contributed by atoms with Gasteiger partial charge in [-0.1, -0.05) is 54.1 Å². The van der Waals surface area contributed by atoms with Crippen molar-refractivity contribution < 1.29 is 23.1 Å². The van der Waals surface area contributed by atoms with Crippen LogP contribution < -0.4 is 15.4 Å². The van der Waals surface area contributed by atoms with Crippen molar-refractivity contribution in [3.05, 3.63) is 81.8 Å². The average molecular weight is 555 g/mol. The summed E-state index contributed by atoms with van der Waals surface area (Å²) in [4.78, 5) is 11.8. The summed E-state index contributed by atoms with van der Waals surface area (Å²) in [5.74, 6) is -0.678. The van der Waals surface area contributed by atoms with E-state index >= 15 is 0 Å². The molecule has 0 aromatic heterocycles. The molecule has 8 nitrogen and oxygen atoms in total. The molecule has 2 amide bonds. The minimum atomic E-state index is -4.18. The van der Waals surface area contributed by atoms with Crippen molar-refractivity contribution >= 4 is 55.0 Å². The number of phenols is 1. The minimum Gasteiger partial charge on any atom is -0.504 e. The van der Waals surface area contributed by atoms with Gasteiger partial charge in [0.25, 0.3) is 0 Å². The highest BCUT2D eigenvalue weighted by atomic mass is 79.9. The van der Waals surface area contributed by atoms with Crippen LogP contribution in [0.15, 0.2) is 76.1 Å². The highest BCUT2D eigenvalue weighted by Crippen LogP contribution is 2.36. The number of ether oxygens (including phenoxy) is 1. The quantitative estimate of drug-likeness (QED) is 0.221. The first kappa shape index (κ1) is 25.0. The van der Waals surface area contributed by atoms with E-state index in [2.05, 4.69) is 31.3 Å². The predicted molar refractivity (Wildman–Crippen MR) is 131 cm³/mol. The molecular formula is C22H21BrClN3O5S. The summed E-state index contributed by atoms with van der Waals surface area (Å²) in [6, 6.07) is 18.3. The Morgan fingerprint density at radius 2 is 1.64 bits per heavy atom.